The van der Waals surface area contributed by atoms with Gasteiger partial charge in [0.2, 0.25) is 0 Å². The summed E-state index contributed by atoms with van der Waals surface area (Å²) < 4.78 is 27.7. The van der Waals surface area contributed by atoms with Crippen LogP contribution in [-0.2, 0) is 0 Å². The van der Waals surface area contributed by atoms with Crippen LogP contribution in [0.15, 0.2) is 53.0 Å². The molecule has 0 atom stereocenters. The van der Waals surface area contributed by atoms with Crippen LogP contribution >= 0.6 is 15.9 Å². The third kappa shape index (κ3) is 4.05. The summed E-state index contributed by atoms with van der Waals surface area (Å²) in [6, 6.07) is 12.6. The van der Waals surface area contributed by atoms with E-state index in [2.05, 4.69) is 36.5 Å². The molecule has 0 aliphatic rings. The van der Waals surface area contributed by atoms with E-state index >= 15 is 0 Å². The first-order valence-corrected chi connectivity index (χ1v) is 7.89. The van der Waals surface area contributed by atoms with Gasteiger partial charge in [-0.25, -0.2) is 18.7 Å². The number of halogens is 3. The molecular weight excluding hydrogens is 378 g/mol. The zero-order valence-corrected chi connectivity index (χ0v) is 14.2. The van der Waals surface area contributed by atoms with Gasteiger partial charge in [0.25, 0.3) is 0 Å². The summed E-state index contributed by atoms with van der Waals surface area (Å²) in [5.41, 5.74) is 0.999. The van der Waals surface area contributed by atoms with E-state index in [0.717, 1.165) is 16.2 Å². The molecule has 1 heterocycles. The Balaban J connectivity index is 1.84. The Morgan fingerprint density at radius 3 is 2.21 bits per heavy atom. The van der Waals surface area contributed by atoms with Crippen LogP contribution in [0.4, 0.5) is 31.8 Å². The van der Waals surface area contributed by atoms with Gasteiger partial charge in [-0.15, -0.1) is 0 Å². The maximum absolute atomic E-state index is 13.8. The largest absolute Gasteiger partial charge is 0.340 e. The summed E-state index contributed by atoms with van der Waals surface area (Å²) in [6.45, 7) is 1.74. The molecular formula is C17H13BrF2N4. The Kier molecular flexibility index (Phi) is 4.71. The molecule has 0 spiro atoms. The molecule has 0 saturated heterocycles. The van der Waals surface area contributed by atoms with Crippen LogP contribution in [-0.4, -0.2) is 9.97 Å². The van der Waals surface area contributed by atoms with Crippen LogP contribution in [0.25, 0.3) is 0 Å². The third-order valence-electron chi connectivity index (χ3n) is 3.15. The minimum absolute atomic E-state index is 0.143. The number of hydrogen-bond donors (Lipinski definition) is 2. The monoisotopic (exact) mass is 390 g/mol. The Labute approximate surface area is 146 Å². The van der Waals surface area contributed by atoms with E-state index in [0.29, 0.717) is 17.5 Å². The second kappa shape index (κ2) is 6.92. The summed E-state index contributed by atoms with van der Waals surface area (Å²) in [6.07, 6.45) is 0. The highest BCUT2D eigenvalue weighted by Gasteiger charge is 2.07. The van der Waals surface area contributed by atoms with E-state index in [-0.39, 0.29) is 5.69 Å². The fourth-order valence-corrected chi connectivity index (χ4v) is 2.37. The van der Waals surface area contributed by atoms with Gasteiger partial charge in [0.1, 0.15) is 29.1 Å². The molecule has 0 fully saturated rings. The SMILES string of the molecule is Cc1nc(Nc2ccc(Br)cc2)cc(Nc2ccc(F)cc2F)n1. The highest BCUT2D eigenvalue weighted by atomic mass is 79.9. The number of benzene rings is 2. The summed E-state index contributed by atoms with van der Waals surface area (Å²) in [5, 5.41) is 5.99. The predicted octanol–water partition coefficient (Wildman–Crippen LogP) is 5.31. The molecule has 0 radical (unpaired) electrons. The van der Waals surface area contributed by atoms with E-state index in [1.54, 1.807) is 13.0 Å². The smallest absolute Gasteiger partial charge is 0.149 e. The Bertz CT molecular complexity index is 869. The van der Waals surface area contributed by atoms with Gasteiger partial charge in [-0.2, -0.15) is 0 Å². The zero-order valence-electron chi connectivity index (χ0n) is 12.6. The van der Waals surface area contributed by atoms with Gasteiger partial charge in [0.05, 0.1) is 5.69 Å². The molecule has 2 aromatic carbocycles. The molecule has 0 aliphatic heterocycles. The van der Waals surface area contributed by atoms with Crippen molar-refractivity contribution in [2.45, 2.75) is 6.92 Å². The van der Waals surface area contributed by atoms with Crippen molar-refractivity contribution in [1.29, 1.82) is 0 Å². The maximum Gasteiger partial charge on any atom is 0.149 e. The molecule has 2 N–H and O–H groups in total. The van der Waals surface area contributed by atoms with Crippen LogP contribution in [0.1, 0.15) is 5.82 Å². The molecule has 0 aliphatic carbocycles. The molecule has 0 unspecified atom stereocenters. The lowest BCUT2D eigenvalue weighted by Crippen LogP contribution is -2.02. The lowest BCUT2D eigenvalue weighted by atomic mass is 10.3. The number of nitrogens with zero attached hydrogens (tertiary/aromatic N) is 2. The fraction of sp³-hybridized carbons (Fsp3) is 0.0588. The standard InChI is InChI=1S/C17H13BrF2N4/c1-10-21-16(23-13-5-2-11(18)3-6-13)9-17(22-10)24-15-7-4-12(19)8-14(15)20/h2-9H,1H3,(H2,21,22,23,24). The van der Waals surface area contributed by atoms with Gasteiger partial charge in [-0.05, 0) is 43.3 Å². The van der Waals surface area contributed by atoms with Crippen LogP contribution < -0.4 is 10.6 Å². The van der Waals surface area contributed by atoms with Crippen molar-refractivity contribution in [2.75, 3.05) is 10.6 Å². The van der Waals surface area contributed by atoms with E-state index in [1.165, 1.54) is 12.1 Å². The van der Waals surface area contributed by atoms with Gasteiger partial charge < -0.3 is 10.6 Å². The van der Waals surface area contributed by atoms with Gasteiger partial charge in [-0.1, -0.05) is 15.9 Å². The van der Waals surface area contributed by atoms with Crippen molar-refractivity contribution >= 4 is 38.9 Å². The van der Waals surface area contributed by atoms with Crippen molar-refractivity contribution in [2.24, 2.45) is 0 Å². The van der Waals surface area contributed by atoms with Crippen molar-refractivity contribution < 1.29 is 8.78 Å². The third-order valence-corrected chi connectivity index (χ3v) is 3.68. The van der Waals surface area contributed by atoms with Gasteiger partial charge in [-0.3, -0.25) is 0 Å². The molecule has 3 aromatic rings. The molecule has 3 rings (SSSR count). The summed E-state index contributed by atoms with van der Waals surface area (Å²) in [5.74, 6) is 0.174. The number of nitrogens with one attached hydrogen (secondary N) is 2. The maximum atomic E-state index is 13.8. The first-order chi connectivity index (χ1) is 11.5. The second-order valence-electron chi connectivity index (χ2n) is 5.07. The molecule has 24 heavy (non-hydrogen) atoms. The first-order valence-electron chi connectivity index (χ1n) is 7.10. The van der Waals surface area contributed by atoms with Crippen LogP contribution in [0.5, 0.6) is 0 Å². The number of hydrogen-bond acceptors (Lipinski definition) is 4. The Hall–Kier alpha value is -2.54. The van der Waals surface area contributed by atoms with Crippen LogP contribution in [0, 0.1) is 18.6 Å². The predicted molar refractivity (Wildman–Crippen MR) is 93.8 cm³/mol. The van der Waals surface area contributed by atoms with Crippen molar-refractivity contribution in [3.8, 4) is 0 Å². The first kappa shape index (κ1) is 16.3. The highest BCUT2D eigenvalue weighted by molar-refractivity contribution is 9.10. The average Bonchev–Trinajstić information content (AvgIpc) is 2.52. The van der Waals surface area contributed by atoms with E-state index in [4.69, 9.17) is 0 Å². The molecule has 7 heteroatoms. The summed E-state index contributed by atoms with van der Waals surface area (Å²) >= 11 is 3.38. The average molecular weight is 391 g/mol. The van der Waals surface area contributed by atoms with E-state index < -0.39 is 11.6 Å². The number of aryl methyl sites for hydroxylation is 1. The highest BCUT2D eigenvalue weighted by Crippen LogP contribution is 2.23. The number of rotatable bonds is 4. The zero-order chi connectivity index (χ0) is 17.1. The lowest BCUT2D eigenvalue weighted by Gasteiger charge is -2.11. The molecule has 122 valence electrons. The Morgan fingerprint density at radius 1 is 0.875 bits per heavy atom. The van der Waals surface area contributed by atoms with Crippen molar-refractivity contribution in [3.63, 3.8) is 0 Å². The van der Waals surface area contributed by atoms with Crippen LogP contribution in [0.3, 0.4) is 0 Å². The fourth-order valence-electron chi connectivity index (χ4n) is 2.11. The minimum Gasteiger partial charge on any atom is -0.340 e. The van der Waals surface area contributed by atoms with Gasteiger partial charge in [0, 0.05) is 22.3 Å². The van der Waals surface area contributed by atoms with Gasteiger partial charge in [0.15, 0.2) is 0 Å². The van der Waals surface area contributed by atoms with Gasteiger partial charge >= 0.3 is 0 Å². The molecule has 0 saturated carbocycles. The quantitative estimate of drug-likeness (QED) is 0.633. The number of aromatic nitrogens is 2. The summed E-state index contributed by atoms with van der Waals surface area (Å²) in [4.78, 5) is 8.52. The van der Waals surface area contributed by atoms with E-state index in [9.17, 15) is 8.78 Å². The number of anilines is 4. The molecule has 1 aromatic heterocycles. The van der Waals surface area contributed by atoms with Crippen molar-refractivity contribution in [3.05, 3.63) is 70.5 Å². The topological polar surface area (TPSA) is 49.8 Å². The minimum atomic E-state index is -0.686. The van der Waals surface area contributed by atoms with Crippen LogP contribution in [0.2, 0.25) is 0 Å². The van der Waals surface area contributed by atoms with Crippen molar-refractivity contribution in [1.82, 2.24) is 9.97 Å². The normalized spacial score (nSPS) is 10.5. The lowest BCUT2D eigenvalue weighted by molar-refractivity contribution is 0.586. The summed E-state index contributed by atoms with van der Waals surface area (Å²) in [7, 11) is 0. The second-order valence-corrected chi connectivity index (χ2v) is 5.98. The van der Waals surface area contributed by atoms with E-state index in [1.807, 2.05) is 24.3 Å². The molecule has 0 amide bonds. The Morgan fingerprint density at radius 2 is 1.54 bits per heavy atom. The molecule has 0 bridgehead atoms. The molecule has 4 nitrogen and oxygen atoms in total.